The Labute approximate surface area is 141 Å². The molecule has 0 bridgehead atoms. The van der Waals surface area contributed by atoms with Crippen LogP contribution in [0.25, 0.3) is 0 Å². The monoisotopic (exact) mass is 338 g/mol. The number of piperidine rings is 1. The van der Waals surface area contributed by atoms with Crippen LogP contribution in [-0.4, -0.2) is 55.6 Å². The largest absolute Gasteiger partial charge is 0.338 e. The van der Waals surface area contributed by atoms with Crippen LogP contribution in [0, 0.1) is 5.92 Å². The molecule has 2 N–H and O–H groups in total. The molecule has 1 aliphatic heterocycles. The van der Waals surface area contributed by atoms with Crippen LogP contribution in [0.5, 0.6) is 0 Å². The van der Waals surface area contributed by atoms with Crippen molar-refractivity contribution in [2.24, 2.45) is 5.92 Å². The normalized spacial score (nSPS) is 15.2. The average molecular weight is 339 g/mol. The maximum atomic E-state index is 11.9. The molecule has 126 valence electrons. The number of carbonyl (C=O) groups excluding carboxylic acids is 2. The SMILES string of the molecule is CN(C)C(=O)N1CCC(CNC(=O)Nc2ccccc2Cl)CC1. The summed E-state index contributed by atoms with van der Waals surface area (Å²) in [5.74, 6) is 0.387. The molecule has 1 aromatic carbocycles. The minimum atomic E-state index is -0.259. The fourth-order valence-electron chi connectivity index (χ4n) is 2.58. The first-order chi connectivity index (χ1) is 11.0. The molecule has 1 aliphatic rings. The van der Waals surface area contributed by atoms with E-state index in [1.807, 2.05) is 17.0 Å². The number of hydrogen-bond donors (Lipinski definition) is 2. The molecule has 6 nitrogen and oxygen atoms in total. The molecule has 2 rings (SSSR count). The molecule has 1 fully saturated rings. The number of benzene rings is 1. The number of para-hydroxylation sites is 1. The minimum absolute atomic E-state index is 0.0490. The molecular weight excluding hydrogens is 316 g/mol. The van der Waals surface area contributed by atoms with E-state index in [1.54, 1.807) is 31.1 Å². The van der Waals surface area contributed by atoms with Gasteiger partial charge in [-0.1, -0.05) is 23.7 Å². The van der Waals surface area contributed by atoms with Crippen LogP contribution in [0.3, 0.4) is 0 Å². The summed E-state index contributed by atoms with van der Waals surface area (Å²) in [7, 11) is 3.52. The second kappa shape index (κ2) is 8.06. The van der Waals surface area contributed by atoms with Crippen molar-refractivity contribution < 1.29 is 9.59 Å². The molecule has 0 aromatic heterocycles. The summed E-state index contributed by atoms with van der Waals surface area (Å²) in [5, 5.41) is 6.12. The first kappa shape index (κ1) is 17.4. The third-order valence-corrected chi connectivity index (χ3v) is 4.27. The van der Waals surface area contributed by atoms with E-state index < -0.39 is 0 Å². The van der Waals surface area contributed by atoms with Gasteiger partial charge in [-0.3, -0.25) is 0 Å². The Kier molecular flexibility index (Phi) is 6.10. The highest BCUT2D eigenvalue weighted by Gasteiger charge is 2.23. The molecule has 0 radical (unpaired) electrons. The van der Waals surface area contributed by atoms with Crippen LogP contribution in [0.2, 0.25) is 5.02 Å². The zero-order chi connectivity index (χ0) is 16.8. The third kappa shape index (κ3) is 5.03. The lowest BCUT2D eigenvalue weighted by molar-refractivity contribution is 0.147. The predicted octanol–water partition coefficient (Wildman–Crippen LogP) is 2.86. The lowest BCUT2D eigenvalue weighted by Gasteiger charge is -2.33. The van der Waals surface area contributed by atoms with Gasteiger partial charge in [0, 0.05) is 33.7 Å². The highest BCUT2D eigenvalue weighted by Crippen LogP contribution is 2.20. The van der Waals surface area contributed by atoms with Crippen molar-refractivity contribution in [3.05, 3.63) is 29.3 Å². The van der Waals surface area contributed by atoms with Crippen LogP contribution in [0.4, 0.5) is 15.3 Å². The van der Waals surface area contributed by atoms with E-state index >= 15 is 0 Å². The van der Waals surface area contributed by atoms with Crippen molar-refractivity contribution in [2.45, 2.75) is 12.8 Å². The van der Waals surface area contributed by atoms with Crippen molar-refractivity contribution >= 4 is 29.4 Å². The van der Waals surface area contributed by atoms with Gasteiger partial charge in [-0.15, -0.1) is 0 Å². The number of nitrogens with zero attached hydrogens (tertiary/aromatic N) is 2. The molecular formula is C16H23ClN4O2. The number of amides is 4. The number of nitrogens with one attached hydrogen (secondary N) is 2. The number of likely N-dealkylation sites (tertiary alicyclic amines) is 1. The minimum Gasteiger partial charge on any atom is -0.338 e. The highest BCUT2D eigenvalue weighted by atomic mass is 35.5. The van der Waals surface area contributed by atoms with Gasteiger partial charge < -0.3 is 20.4 Å². The number of urea groups is 2. The van der Waals surface area contributed by atoms with E-state index in [2.05, 4.69) is 10.6 Å². The first-order valence-corrected chi connectivity index (χ1v) is 8.10. The fourth-order valence-corrected chi connectivity index (χ4v) is 2.76. The van der Waals surface area contributed by atoms with Crippen LogP contribution < -0.4 is 10.6 Å². The van der Waals surface area contributed by atoms with Crippen molar-refractivity contribution in [3.63, 3.8) is 0 Å². The molecule has 7 heteroatoms. The van der Waals surface area contributed by atoms with Gasteiger partial charge in [0.1, 0.15) is 0 Å². The van der Waals surface area contributed by atoms with Gasteiger partial charge in [0.15, 0.2) is 0 Å². The standard InChI is InChI=1S/C16H23ClN4O2/c1-20(2)16(23)21-9-7-12(8-10-21)11-18-15(22)19-14-6-4-3-5-13(14)17/h3-6,12H,7-11H2,1-2H3,(H2,18,19,22). The van der Waals surface area contributed by atoms with Gasteiger partial charge in [-0.05, 0) is 30.9 Å². The Morgan fingerprint density at radius 1 is 1.26 bits per heavy atom. The summed E-state index contributed by atoms with van der Waals surface area (Å²) in [6.45, 7) is 2.06. The summed E-state index contributed by atoms with van der Waals surface area (Å²) in [5.41, 5.74) is 0.595. The van der Waals surface area contributed by atoms with E-state index in [9.17, 15) is 9.59 Å². The van der Waals surface area contributed by atoms with Crippen molar-refractivity contribution in [3.8, 4) is 0 Å². The Morgan fingerprint density at radius 3 is 2.52 bits per heavy atom. The number of hydrogen-bond acceptors (Lipinski definition) is 2. The Balaban J connectivity index is 1.72. The van der Waals surface area contributed by atoms with Crippen LogP contribution in [0.1, 0.15) is 12.8 Å². The molecule has 1 saturated heterocycles. The van der Waals surface area contributed by atoms with E-state index in [0.29, 0.717) is 23.2 Å². The molecule has 23 heavy (non-hydrogen) atoms. The average Bonchev–Trinajstić information content (AvgIpc) is 2.55. The Bertz CT molecular complexity index is 557. The van der Waals surface area contributed by atoms with Gasteiger partial charge in [0.2, 0.25) is 0 Å². The first-order valence-electron chi connectivity index (χ1n) is 7.73. The van der Waals surface area contributed by atoms with Gasteiger partial charge in [-0.2, -0.15) is 0 Å². The lowest BCUT2D eigenvalue weighted by Crippen LogP contribution is -2.45. The summed E-state index contributed by atoms with van der Waals surface area (Å²) in [4.78, 5) is 27.2. The summed E-state index contributed by atoms with van der Waals surface area (Å²) in [6.07, 6.45) is 1.79. The molecule has 0 spiro atoms. The highest BCUT2D eigenvalue weighted by molar-refractivity contribution is 6.33. The van der Waals surface area contributed by atoms with Crippen LogP contribution in [-0.2, 0) is 0 Å². The fraction of sp³-hybridized carbons (Fsp3) is 0.500. The number of anilines is 1. The molecule has 0 unspecified atom stereocenters. The van der Waals surface area contributed by atoms with Crippen molar-refractivity contribution in [1.29, 1.82) is 0 Å². The second-order valence-electron chi connectivity index (χ2n) is 5.92. The van der Waals surface area contributed by atoms with Crippen LogP contribution >= 0.6 is 11.6 Å². The maximum Gasteiger partial charge on any atom is 0.319 e. The molecule has 0 aliphatic carbocycles. The topological polar surface area (TPSA) is 64.7 Å². The molecule has 1 aromatic rings. The Hall–Kier alpha value is -1.95. The predicted molar refractivity (Wildman–Crippen MR) is 91.9 cm³/mol. The zero-order valence-electron chi connectivity index (χ0n) is 13.5. The van der Waals surface area contributed by atoms with Gasteiger partial charge in [-0.25, -0.2) is 9.59 Å². The second-order valence-corrected chi connectivity index (χ2v) is 6.33. The summed E-state index contributed by atoms with van der Waals surface area (Å²) >= 11 is 6.00. The quantitative estimate of drug-likeness (QED) is 0.890. The molecule has 4 amide bonds. The van der Waals surface area contributed by atoms with E-state index in [0.717, 1.165) is 25.9 Å². The van der Waals surface area contributed by atoms with Gasteiger partial charge in [0.05, 0.1) is 10.7 Å². The summed E-state index contributed by atoms with van der Waals surface area (Å²) < 4.78 is 0. The zero-order valence-corrected chi connectivity index (χ0v) is 14.3. The van der Waals surface area contributed by atoms with E-state index in [4.69, 9.17) is 11.6 Å². The number of carbonyl (C=O) groups is 2. The number of halogens is 1. The third-order valence-electron chi connectivity index (χ3n) is 3.94. The van der Waals surface area contributed by atoms with Crippen molar-refractivity contribution in [1.82, 2.24) is 15.1 Å². The smallest absolute Gasteiger partial charge is 0.319 e. The molecule has 0 saturated carbocycles. The van der Waals surface area contributed by atoms with Gasteiger partial charge in [0.25, 0.3) is 0 Å². The molecule has 1 heterocycles. The van der Waals surface area contributed by atoms with E-state index in [1.165, 1.54) is 0 Å². The lowest BCUT2D eigenvalue weighted by atomic mass is 9.97. The van der Waals surface area contributed by atoms with Crippen LogP contribution in [0.15, 0.2) is 24.3 Å². The number of rotatable bonds is 3. The van der Waals surface area contributed by atoms with Gasteiger partial charge >= 0.3 is 12.1 Å². The van der Waals surface area contributed by atoms with Crippen molar-refractivity contribution in [2.75, 3.05) is 39.0 Å². The van der Waals surface area contributed by atoms with E-state index in [-0.39, 0.29) is 12.1 Å². The molecule has 0 atom stereocenters. The Morgan fingerprint density at radius 2 is 1.91 bits per heavy atom. The maximum absolute atomic E-state index is 11.9. The summed E-state index contributed by atoms with van der Waals surface area (Å²) in [6, 6.07) is 6.91.